The van der Waals surface area contributed by atoms with Gasteiger partial charge in [-0.1, -0.05) is 12.1 Å². The predicted molar refractivity (Wildman–Crippen MR) is 109 cm³/mol. The van der Waals surface area contributed by atoms with E-state index in [1.54, 1.807) is 12.3 Å². The smallest absolute Gasteiger partial charge is 0.261 e. The molecule has 0 fully saturated rings. The van der Waals surface area contributed by atoms with Gasteiger partial charge in [0.1, 0.15) is 11.6 Å². The van der Waals surface area contributed by atoms with Gasteiger partial charge in [0.25, 0.3) is 10.1 Å². The molecule has 7 heteroatoms. The van der Waals surface area contributed by atoms with Gasteiger partial charge >= 0.3 is 0 Å². The van der Waals surface area contributed by atoms with Gasteiger partial charge < -0.3 is 4.42 Å². The van der Waals surface area contributed by atoms with Crippen molar-refractivity contribution < 1.29 is 21.8 Å². The third kappa shape index (κ3) is 7.37. The first-order valence-electron chi connectivity index (χ1n) is 9.61. The minimum Gasteiger partial charge on any atom is -0.469 e. The van der Waals surface area contributed by atoms with E-state index < -0.39 is 10.1 Å². The number of nitrogens with zero attached hydrogens (tertiary/aromatic N) is 1. The van der Waals surface area contributed by atoms with Gasteiger partial charge in [0.05, 0.1) is 12.5 Å². The molecule has 3 rings (SSSR count). The molecule has 1 aliphatic rings. The van der Waals surface area contributed by atoms with Crippen LogP contribution in [-0.4, -0.2) is 43.3 Å². The summed E-state index contributed by atoms with van der Waals surface area (Å²) in [5.41, 5.74) is 2.17. The average Bonchev–Trinajstić information content (AvgIpc) is 3.11. The van der Waals surface area contributed by atoms with Gasteiger partial charge in [-0.15, -0.1) is 0 Å². The number of hydrogen-bond acceptors (Lipinski definition) is 4. The van der Waals surface area contributed by atoms with Crippen molar-refractivity contribution in [1.82, 2.24) is 4.90 Å². The molecular formula is C21H30FNO4S. The Kier molecular flexibility index (Phi) is 8.22. The average molecular weight is 412 g/mol. The van der Waals surface area contributed by atoms with Crippen LogP contribution >= 0.6 is 0 Å². The molecule has 1 aromatic heterocycles. The molecule has 0 saturated heterocycles. The minimum absolute atomic E-state index is 0.0288. The fourth-order valence-electron chi connectivity index (χ4n) is 3.64. The Hall–Kier alpha value is -1.70. The topological polar surface area (TPSA) is 70.8 Å². The highest BCUT2D eigenvalue weighted by Gasteiger charge is 2.25. The molecule has 0 saturated carbocycles. The van der Waals surface area contributed by atoms with E-state index in [1.807, 2.05) is 18.2 Å². The summed E-state index contributed by atoms with van der Waals surface area (Å²) in [5.74, 6) is 1.44. The number of hydrogen-bond donors (Lipinski definition) is 1. The Morgan fingerprint density at radius 2 is 2.00 bits per heavy atom. The fourth-order valence-corrected chi connectivity index (χ4v) is 3.64. The number of benzene rings is 1. The van der Waals surface area contributed by atoms with Crippen LogP contribution in [0.3, 0.4) is 0 Å². The van der Waals surface area contributed by atoms with E-state index in [0.717, 1.165) is 50.1 Å². The van der Waals surface area contributed by atoms with Crippen molar-refractivity contribution in [3.63, 3.8) is 0 Å². The lowest BCUT2D eigenvalue weighted by atomic mass is 9.82. The van der Waals surface area contributed by atoms with Crippen molar-refractivity contribution in [2.45, 2.75) is 51.5 Å². The lowest BCUT2D eigenvalue weighted by molar-refractivity contribution is 0.200. The second-order valence-electron chi connectivity index (χ2n) is 7.55. The zero-order chi connectivity index (χ0) is 20.7. The maximum Gasteiger partial charge on any atom is 0.261 e. The Morgan fingerprint density at radius 3 is 2.61 bits per heavy atom. The first-order chi connectivity index (χ1) is 13.1. The van der Waals surface area contributed by atoms with E-state index in [1.165, 1.54) is 5.56 Å². The van der Waals surface area contributed by atoms with E-state index in [0.29, 0.717) is 18.2 Å². The minimum atomic E-state index is -3.67. The largest absolute Gasteiger partial charge is 0.469 e. The van der Waals surface area contributed by atoms with Gasteiger partial charge in [-0.3, -0.25) is 9.45 Å². The standard InChI is InChI=1S/C20H26FNO.CH4O3S/c1-15(2)22(12-11-17-7-5-13-23-17)14-16-6-3-9-19-18(16)8-4-10-20(19)21;1-5(2,3)4/h4-5,7-8,10,13,15-16H,3,6,9,11-12,14H2,1-2H3;1H3,(H,2,3,4). The van der Waals surface area contributed by atoms with E-state index in [4.69, 9.17) is 8.97 Å². The molecule has 1 heterocycles. The number of fused-ring (bicyclic) bond motifs is 1. The highest BCUT2D eigenvalue weighted by atomic mass is 32.2. The summed E-state index contributed by atoms with van der Waals surface area (Å²) >= 11 is 0. The van der Waals surface area contributed by atoms with Crippen LogP contribution < -0.4 is 0 Å². The zero-order valence-electron chi connectivity index (χ0n) is 16.8. The maximum atomic E-state index is 14.0. The molecule has 1 aromatic carbocycles. The second-order valence-corrected chi connectivity index (χ2v) is 9.01. The van der Waals surface area contributed by atoms with Crippen molar-refractivity contribution >= 4 is 10.1 Å². The Morgan fingerprint density at radius 1 is 1.29 bits per heavy atom. The molecule has 156 valence electrons. The maximum absolute atomic E-state index is 14.0. The summed E-state index contributed by atoms with van der Waals surface area (Å²) in [6.07, 6.45) is 6.49. The van der Waals surface area contributed by atoms with E-state index >= 15 is 0 Å². The lowest BCUT2D eigenvalue weighted by Gasteiger charge is -2.33. The molecule has 1 unspecified atom stereocenters. The summed E-state index contributed by atoms with van der Waals surface area (Å²) in [6.45, 7) is 6.44. The molecule has 0 amide bonds. The molecule has 1 aliphatic carbocycles. The molecule has 0 bridgehead atoms. The quantitative estimate of drug-likeness (QED) is 0.718. The summed E-state index contributed by atoms with van der Waals surface area (Å²) in [5, 5.41) is 0. The first kappa shape index (κ1) is 22.6. The first-order valence-corrected chi connectivity index (χ1v) is 11.5. The van der Waals surface area contributed by atoms with Gasteiger partial charge in [0.15, 0.2) is 0 Å². The van der Waals surface area contributed by atoms with Gasteiger partial charge in [-0.25, -0.2) is 4.39 Å². The van der Waals surface area contributed by atoms with Gasteiger partial charge in [0.2, 0.25) is 0 Å². The molecule has 0 spiro atoms. The zero-order valence-corrected chi connectivity index (χ0v) is 17.6. The summed E-state index contributed by atoms with van der Waals surface area (Å²) in [6, 6.07) is 10.0. The molecular weight excluding hydrogens is 381 g/mol. The van der Waals surface area contributed by atoms with Crippen molar-refractivity contribution in [2.24, 2.45) is 0 Å². The van der Waals surface area contributed by atoms with Gasteiger partial charge in [-0.2, -0.15) is 8.42 Å². The monoisotopic (exact) mass is 411 g/mol. The number of furan rings is 1. The van der Waals surface area contributed by atoms with Crippen LogP contribution in [0.25, 0.3) is 0 Å². The molecule has 2 aromatic rings. The molecule has 1 atom stereocenters. The molecule has 1 N–H and O–H groups in total. The third-order valence-electron chi connectivity index (χ3n) is 4.98. The number of rotatable bonds is 6. The Labute approximate surface area is 167 Å². The van der Waals surface area contributed by atoms with Crippen LogP contribution in [0.1, 0.15) is 49.5 Å². The Bertz CT molecular complexity index is 826. The van der Waals surface area contributed by atoms with Crippen LogP contribution in [0.2, 0.25) is 0 Å². The van der Waals surface area contributed by atoms with Crippen LogP contribution in [0, 0.1) is 5.82 Å². The third-order valence-corrected chi connectivity index (χ3v) is 4.98. The SMILES string of the molecule is CC(C)N(CCc1ccco1)CC1CCCc2c(F)cccc21.CS(=O)(=O)O. The van der Waals surface area contributed by atoms with Crippen LogP contribution in [0.5, 0.6) is 0 Å². The van der Waals surface area contributed by atoms with E-state index in [9.17, 15) is 12.8 Å². The summed E-state index contributed by atoms with van der Waals surface area (Å²) in [7, 11) is -3.67. The van der Waals surface area contributed by atoms with Gasteiger partial charge in [0, 0.05) is 25.6 Å². The van der Waals surface area contributed by atoms with E-state index in [-0.39, 0.29) is 5.82 Å². The Balaban J connectivity index is 0.000000500. The molecule has 28 heavy (non-hydrogen) atoms. The highest BCUT2D eigenvalue weighted by molar-refractivity contribution is 7.85. The van der Waals surface area contributed by atoms with Crippen LogP contribution in [0.4, 0.5) is 4.39 Å². The van der Waals surface area contributed by atoms with Crippen molar-refractivity contribution in [2.75, 3.05) is 19.3 Å². The normalized spacial score (nSPS) is 16.6. The van der Waals surface area contributed by atoms with Crippen molar-refractivity contribution in [3.8, 4) is 0 Å². The van der Waals surface area contributed by atoms with Crippen molar-refractivity contribution in [3.05, 3.63) is 59.3 Å². The predicted octanol–water partition coefficient (Wildman–Crippen LogP) is 4.30. The fraction of sp³-hybridized carbons (Fsp3) is 0.524. The summed E-state index contributed by atoms with van der Waals surface area (Å²) in [4.78, 5) is 2.49. The van der Waals surface area contributed by atoms with Crippen LogP contribution in [0.15, 0.2) is 41.0 Å². The van der Waals surface area contributed by atoms with Crippen molar-refractivity contribution in [1.29, 1.82) is 0 Å². The molecule has 0 aliphatic heterocycles. The number of halogens is 1. The van der Waals surface area contributed by atoms with Gasteiger partial charge in [-0.05, 0) is 68.4 Å². The van der Waals surface area contributed by atoms with E-state index in [2.05, 4.69) is 24.8 Å². The second kappa shape index (κ2) is 10.2. The lowest BCUT2D eigenvalue weighted by Crippen LogP contribution is -2.37. The summed E-state index contributed by atoms with van der Waals surface area (Å²) < 4.78 is 45.4. The molecule has 5 nitrogen and oxygen atoms in total. The molecule has 0 radical (unpaired) electrons. The van der Waals surface area contributed by atoms with Crippen LogP contribution in [-0.2, 0) is 23.0 Å². The highest BCUT2D eigenvalue weighted by Crippen LogP contribution is 2.33.